The molecule has 0 radical (unpaired) electrons. The van der Waals surface area contributed by atoms with E-state index in [1.165, 1.54) is 0 Å². The van der Waals surface area contributed by atoms with Crippen LogP contribution in [0.15, 0.2) is 48.5 Å². The zero-order valence-electron chi connectivity index (χ0n) is 16.2. The molecular weight excluding hydrogens is 352 g/mol. The molecule has 3 rings (SSSR count). The molecule has 1 amide bonds. The maximum absolute atomic E-state index is 12.3. The SMILES string of the molecule is CCOc1ccccc1N1CCN(CC(=O)Nc2ccc(CC#N)cc2)CC1. The van der Waals surface area contributed by atoms with Crippen LogP contribution in [0.3, 0.4) is 0 Å². The van der Waals surface area contributed by atoms with Gasteiger partial charge < -0.3 is 15.0 Å². The number of rotatable bonds is 7. The van der Waals surface area contributed by atoms with E-state index in [0.29, 0.717) is 19.6 Å². The number of para-hydroxylation sites is 2. The fourth-order valence-corrected chi connectivity index (χ4v) is 3.34. The second-order valence-electron chi connectivity index (χ2n) is 6.74. The van der Waals surface area contributed by atoms with Gasteiger partial charge in [-0.2, -0.15) is 5.26 Å². The highest BCUT2D eigenvalue weighted by molar-refractivity contribution is 5.92. The molecule has 146 valence electrons. The molecule has 1 aliphatic heterocycles. The fraction of sp³-hybridized carbons (Fsp3) is 0.364. The van der Waals surface area contributed by atoms with Gasteiger partial charge in [-0.05, 0) is 36.8 Å². The van der Waals surface area contributed by atoms with Gasteiger partial charge in [-0.1, -0.05) is 24.3 Å². The molecule has 6 heteroatoms. The average Bonchev–Trinajstić information content (AvgIpc) is 2.71. The van der Waals surface area contributed by atoms with Gasteiger partial charge in [0.05, 0.1) is 31.3 Å². The molecular formula is C22H26N4O2. The molecule has 1 N–H and O–H groups in total. The summed E-state index contributed by atoms with van der Waals surface area (Å²) in [6, 6.07) is 17.6. The van der Waals surface area contributed by atoms with Gasteiger partial charge in [0.1, 0.15) is 5.75 Å². The lowest BCUT2D eigenvalue weighted by atomic mass is 10.1. The van der Waals surface area contributed by atoms with Crippen LogP contribution in [-0.4, -0.2) is 50.1 Å². The Labute approximate surface area is 166 Å². The summed E-state index contributed by atoms with van der Waals surface area (Å²) >= 11 is 0. The van der Waals surface area contributed by atoms with E-state index in [1.54, 1.807) is 0 Å². The first-order valence-corrected chi connectivity index (χ1v) is 9.64. The van der Waals surface area contributed by atoms with Crippen molar-refractivity contribution in [3.05, 3.63) is 54.1 Å². The van der Waals surface area contributed by atoms with Crippen LogP contribution in [0.4, 0.5) is 11.4 Å². The minimum Gasteiger partial charge on any atom is -0.492 e. The van der Waals surface area contributed by atoms with Crippen LogP contribution in [-0.2, 0) is 11.2 Å². The summed E-state index contributed by atoms with van der Waals surface area (Å²) in [5.74, 6) is 0.896. The van der Waals surface area contributed by atoms with Gasteiger partial charge in [0.25, 0.3) is 0 Å². The molecule has 0 spiro atoms. The highest BCUT2D eigenvalue weighted by atomic mass is 16.5. The van der Waals surface area contributed by atoms with Crippen LogP contribution in [0.2, 0.25) is 0 Å². The van der Waals surface area contributed by atoms with Crippen molar-refractivity contribution in [3.63, 3.8) is 0 Å². The van der Waals surface area contributed by atoms with E-state index in [-0.39, 0.29) is 5.91 Å². The first-order chi connectivity index (χ1) is 13.7. The van der Waals surface area contributed by atoms with Gasteiger partial charge in [-0.3, -0.25) is 9.69 Å². The van der Waals surface area contributed by atoms with E-state index in [1.807, 2.05) is 49.4 Å². The molecule has 2 aromatic rings. The fourth-order valence-electron chi connectivity index (χ4n) is 3.34. The normalized spacial score (nSPS) is 14.4. The molecule has 0 aliphatic carbocycles. The number of nitrogens with one attached hydrogen (secondary N) is 1. The molecule has 1 heterocycles. The van der Waals surface area contributed by atoms with Crippen LogP contribution >= 0.6 is 0 Å². The van der Waals surface area contributed by atoms with Crippen molar-refractivity contribution >= 4 is 17.3 Å². The molecule has 0 bridgehead atoms. The maximum Gasteiger partial charge on any atom is 0.238 e. The Kier molecular flexibility index (Phi) is 6.88. The van der Waals surface area contributed by atoms with E-state index in [0.717, 1.165) is 48.9 Å². The number of nitriles is 1. The van der Waals surface area contributed by atoms with Crippen molar-refractivity contribution in [1.82, 2.24) is 4.90 Å². The summed E-state index contributed by atoms with van der Waals surface area (Å²) in [6.07, 6.45) is 0.380. The van der Waals surface area contributed by atoms with Gasteiger partial charge in [0.15, 0.2) is 0 Å². The average molecular weight is 378 g/mol. The minimum absolute atomic E-state index is 0.0174. The van der Waals surface area contributed by atoms with Crippen LogP contribution in [0.1, 0.15) is 12.5 Å². The van der Waals surface area contributed by atoms with Crippen molar-refractivity contribution in [2.24, 2.45) is 0 Å². The number of benzene rings is 2. The summed E-state index contributed by atoms with van der Waals surface area (Å²) in [7, 11) is 0. The number of nitrogens with zero attached hydrogens (tertiary/aromatic N) is 3. The number of carbonyl (C=O) groups excluding carboxylic acids is 1. The first-order valence-electron chi connectivity index (χ1n) is 9.64. The molecule has 0 atom stereocenters. The summed E-state index contributed by atoms with van der Waals surface area (Å²) < 4.78 is 5.73. The third-order valence-electron chi connectivity index (χ3n) is 4.77. The lowest BCUT2D eigenvalue weighted by molar-refractivity contribution is -0.117. The molecule has 0 unspecified atom stereocenters. The van der Waals surface area contributed by atoms with Crippen LogP contribution in [0.5, 0.6) is 5.75 Å². The Morgan fingerprint density at radius 3 is 2.50 bits per heavy atom. The largest absolute Gasteiger partial charge is 0.492 e. The standard InChI is InChI=1S/C22H26N4O2/c1-2-28-21-6-4-3-5-20(21)26-15-13-25(14-16-26)17-22(27)24-19-9-7-18(8-10-19)11-12-23/h3-10H,2,11,13-17H2,1H3,(H,24,27). The molecule has 6 nitrogen and oxygen atoms in total. The van der Waals surface area contributed by atoms with Gasteiger partial charge in [0.2, 0.25) is 5.91 Å². The van der Waals surface area contributed by atoms with E-state index in [2.05, 4.69) is 27.3 Å². The summed E-state index contributed by atoms with van der Waals surface area (Å²) in [5.41, 5.74) is 2.82. The Hall–Kier alpha value is -3.04. The van der Waals surface area contributed by atoms with Gasteiger partial charge in [-0.15, -0.1) is 0 Å². The molecule has 0 saturated carbocycles. The number of amides is 1. The highest BCUT2D eigenvalue weighted by Gasteiger charge is 2.21. The zero-order chi connectivity index (χ0) is 19.8. The Morgan fingerprint density at radius 1 is 1.11 bits per heavy atom. The van der Waals surface area contributed by atoms with E-state index in [4.69, 9.17) is 10.00 Å². The second-order valence-corrected chi connectivity index (χ2v) is 6.74. The van der Waals surface area contributed by atoms with Crippen molar-refractivity contribution in [3.8, 4) is 11.8 Å². The quantitative estimate of drug-likeness (QED) is 0.802. The maximum atomic E-state index is 12.3. The van der Waals surface area contributed by atoms with Crippen molar-refractivity contribution in [2.45, 2.75) is 13.3 Å². The number of anilines is 2. The Balaban J connectivity index is 1.49. The van der Waals surface area contributed by atoms with Gasteiger partial charge in [0, 0.05) is 31.9 Å². The smallest absolute Gasteiger partial charge is 0.238 e. The lowest BCUT2D eigenvalue weighted by Crippen LogP contribution is -2.48. The van der Waals surface area contributed by atoms with Crippen molar-refractivity contribution in [1.29, 1.82) is 5.26 Å². The van der Waals surface area contributed by atoms with Crippen molar-refractivity contribution < 1.29 is 9.53 Å². The number of piperazine rings is 1. The number of hydrogen-bond donors (Lipinski definition) is 1. The first kappa shape index (κ1) is 19.7. The number of carbonyl (C=O) groups is 1. The molecule has 1 fully saturated rings. The molecule has 1 saturated heterocycles. The van der Waals surface area contributed by atoms with E-state index >= 15 is 0 Å². The summed E-state index contributed by atoms with van der Waals surface area (Å²) in [4.78, 5) is 16.8. The lowest BCUT2D eigenvalue weighted by Gasteiger charge is -2.36. The predicted octanol–water partition coefficient (Wildman–Crippen LogP) is 2.91. The van der Waals surface area contributed by atoms with Crippen LogP contribution in [0, 0.1) is 11.3 Å². The monoisotopic (exact) mass is 378 g/mol. The van der Waals surface area contributed by atoms with Crippen molar-refractivity contribution in [2.75, 3.05) is 49.5 Å². The third-order valence-corrected chi connectivity index (χ3v) is 4.77. The number of ether oxygens (including phenoxy) is 1. The highest BCUT2D eigenvalue weighted by Crippen LogP contribution is 2.28. The summed E-state index contributed by atoms with van der Waals surface area (Å²) in [5, 5.41) is 11.6. The summed E-state index contributed by atoms with van der Waals surface area (Å²) in [6.45, 7) is 6.39. The zero-order valence-corrected chi connectivity index (χ0v) is 16.2. The Bertz CT molecular complexity index is 821. The molecule has 28 heavy (non-hydrogen) atoms. The topological polar surface area (TPSA) is 68.6 Å². The van der Waals surface area contributed by atoms with E-state index < -0.39 is 0 Å². The van der Waals surface area contributed by atoms with Gasteiger partial charge in [-0.25, -0.2) is 0 Å². The van der Waals surface area contributed by atoms with Gasteiger partial charge >= 0.3 is 0 Å². The number of hydrogen-bond acceptors (Lipinski definition) is 5. The van der Waals surface area contributed by atoms with Crippen LogP contribution < -0.4 is 15.0 Å². The van der Waals surface area contributed by atoms with E-state index in [9.17, 15) is 4.79 Å². The van der Waals surface area contributed by atoms with Crippen LogP contribution in [0.25, 0.3) is 0 Å². The third kappa shape index (κ3) is 5.24. The molecule has 2 aromatic carbocycles. The second kappa shape index (κ2) is 9.77. The minimum atomic E-state index is -0.0174. The molecule has 0 aromatic heterocycles. The molecule has 1 aliphatic rings. The predicted molar refractivity (Wildman–Crippen MR) is 111 cm³/mol. The Morgan fingerprint density at radius 2 is 1.82 bits per heavy atom.